The number of nitrogens with one attached hydrogen (secondary N) is 1. The molecule has 1 fully saturated rings. The maximum absolute atomic E-state index is 12.5. The molecule has 5 heteroatoms. The molecule has 1 heterocycles. The Balaban J connectivity index is 1.43. The van der Waals surface area contributed by atoms with E-state index >= 15 is 0 Å². The van der Waals surface area contributed by atoms with Gasteiger partial charge in [0, 0.05) is 16.9 Å². The second kappa shape index (κ2) is 11.4. The number of allylic oxidation sites excluding steroid dienone is 1. The van der Waals surface area contributed by atoms with Crippen LogP contribution in [0.4, 0.5) is 0 Å². The molecule has 3 rings (SSSR count). The van der Waals surface area contributed by atoms with E-state index in [1.165, 1.54) is 11.1 Å². The van der Waals surface area contributed by atoms with Crippen LogP contribution in [0.2, 0.25) is 0 Å². The molecule has 1 aliphatic rings. The van der Waals surface area contributed by atoms with E-state index in [9.17, 15) is 4.79 Å². The molecule has 31 heavy (non-hydrogen) atoms. The van der Waals surface area contributed by atoms with Crippen molar-refractivity contribution in [2.24, 2.45) is 11.0 Å². The second-order valence-electron chi connectivity index (χ2n) is 8.62. The number of likely N-dealkylation sites (tertiary alicyclic amines) is 1. The van der Waals surface area contributed by atoms with E-state index < -0.39 is 0 Å². The van der Waals surface area contributed by atoms with Gasteiger partial charge in [-0.15, -0.1) is 0 Å². The van der Waals surface area contributed by atoms with E-state index in [2.05, 4.69) is 99.8 Å². The van der Waals surface area contributed by atoms with Gasteiger partial charge >= 0.3 is 0 Å². The van der Waals surface area contributed by atoms with Crippen molar-refractivity contribution < 1.29 is 4.79 Å². The van der Waals surface area contributed by atoms with Gasteiger partial charge in [-0.1, -0.05) is 72.3 Å². The fourth-order valence-electron chi connectivity index (χ4n) is 3.77. The number of hydrogen-bond acceptors (Lipinski definition) is 3. The third-order valence-electron chi connectivity index (χ3n) is 5.72. The Labute approximate surface area is 194 Å². The summed E-state index contributed by atoms with van der Waals surface area (Å²) < 4.78 is 1.10. The zero-order valence-corrected chi connectivity index (χ0v) is 20.2. The van der Waals surface area contributed by atoms with E-state index in [4.69, 9.17) is 0 Å². The van der Waals surface area contributed by atoms with Crippen LogP contribution in [-0.2, 0) is 11.3 Å². The van der Waals surface area contributed by atoms with Crippen LogP contribution in [0.5, 0.6) is 0 Å². The molecule has 0 aromatic heterocycles. The Bertz CT molecular complexity index is 909. The Morgan fingerprint density at radius 1 is 1.13 bits per heavy atom. The summed E-state index contributed by atoms with van der Waals surface area (Å²) in [6, 6.07) is 17.0. The number of hydrogen-bond donors (Lipinski definition) is 1. The lowest BCUT2D eigenvalue weighted by Crippen LogP contribution is -2.39. The standard InChI is InChI=1S/C26H32BrN3O/c1-19(2)23-8-4-21(5-9-23)16-20(3)17-28-29-26(31)24-12-14-30(15-13-24)18-22-6-10-25(27)11-7-22/h4-11,16-17,19,24H,12-15,18H2,1-3H3,(H,29,31). The lowest BCUT2D eigenvalue weighted by molar-refractivity contribution is -0.126. The van der Waals surface area contributed by atoms with Crippen molar-refractivity contribution in [1.29, 1.82) is 0 Å². The molecule has 0 saturated carbocycles. The zero-order chi connectivity index (χ0) is 22.2. The summed E-state index contributed by atoms with van der Waals surface area (Å²) in [5.74, 6) is 0.586. The van der Waals surface area contributed by atoms with Gasteiger partial charge in [0.1, 0.15) is 0 Å². The predicted octanol–water partition coefficient (Wildman–Crippen LogP) is 5.99. The first-order chi connectivity index (χ1) is 14.9. The summed E-state index contributed by atoms with van der Waals surface area (Å²) in [5, 5.41) is 4.17. The quantitative estimate of drug-likeness (QED) is 0.389. The van der Waals surface area contributed by atoms with Gasteiger partial charge in [0.25, 0.3) is 0 Å². The predicted molar refractivity (Wildman–Crippen MR) is 133 cm³/mol. The van der Waals surface area contributed by atoms with Gasteiger partial charge in [-0.25, -0.2) is 5.43 Å². The Hall–Kier alpha value is -2.24. The Morgan fingerprint density at radius 2 is 1.77 bits per heavy atom. The van der Waals surface area contributed by atoms with Crippen LogP contribution in [0.15, 0.2) is 63.7 Å². The van der Waals surface area contributed by atoms with E-state index in [1.807, 2.05) is 6.92 Å². The van der Waals surface area contributed by atoms with Crippen molar-refractivity contribution >= 4 is 34.1 Å². The Morgan fingerprint density at radius 3 is 2.39 bits per heavy atom. The van der Waals surface area contributed by atoms with Crippen LogP contribution in [0.1, 0.15) is 56.2 Å². The third kappa shape index (κ3) is 7.44. The van der Waals surface area contributed by atoms with Gasteiger partial charge in [-0.05, 0) is 73.2 Å². The number of nitrogens with zero attached hydrogens (tertiary/aromatic N) is 2. The molecule has 164 valence electrons. The maximum Gasteiger partial charge on any atom is 0.243 e. The molecule has 4 nitrogen and oxygen atoms in total. The van der Waals surface area contributed by atoms with Crippen molar-refractivity contribution in [2.45, 2.75) is 46.1 Å². The number of piperidine rings is 1. The average molecular weight is 482 g/mol. The molecule has 1 aliphatic heterocycles. The van der Waals surface area contributed by atoms with E-state index in [-0.39, 0.29) is 11.8 Å². The number of carbonyl (C=O) groups excluding carboxylic acids is 1. The zero-order valence-electron chi connectivity index (χ0n) is 18.6. The van der Waals surface area contributed by atoms with Crippen molar-refractivity contribution in [2.75, 3.05) is 13.1 Å². The van der Waals surface area contributed by atoms with Gasteiger partial charge in [-0.3, -0.25) is 9.69 Å². The van der Waals surface area contributed by atoms with Crippen LogP contribution in [-0.4, -0.2) is 30.1 Å². The van der Waals surface area contributed by atoms with E-state index in [1.54, 1.807) is 6.21 Å². The smallest absolute Gasteiger partial charge is 0.243 e. The molecular weight excluding hydrogens is 450 g/mol. The number of carbonyl (C=O) groups is 1. The second-order valence-corrected chi connectivity index (χ2v) is 9.54. The highest BCUT2D eigenvalue weighted by molar-refractivity contribution is 9.10. The van der Waals surface area contributed by atoms with Crippen LogP contribution in [0, 0.1) is 5.92 Å². The first-order valence-corrected chi connectivity index (χ1v) is 11.8. The summed E-state index contributed by atoms with van der Waals surface area (Å²) in [6.45, 7) is 9.18. The number of hydrazone groups is 1. The highest BCUT2D eigenvalue weighted by Gasteiger charge is 2.24. The minimum Gasteiger partial charge on any atom is -0.299 e. The summed E-state index contributed by atoms with van der Waals surface area (Å²) in [6.07, 6.45) is 5.53. The molecule has 0 aliphatic carbocycles. The van der Waals surface area contributed by atoms with Crippen LogP contribution < -0.4 is 5.43 Å². The van der Waals surface area contributed by atoms with E-state index in [0.717, 1.165) is 48.1 Å². The van der Waals surface area contributed by atoms with Gasteiger partial charge in [0.05, 0.1) is 6.21 Å². The van der Waals surface area contributed by atoms with Gasteiger partial charge in [0.2, 0.25) is 5.91 Å². The summed E-state index contributed by atoms with van der Waals surface area (Å²) in [5.41, 5.74) is 7.50. The number of amides is 1. The monoisotopic (exact) mass is 481 g/mol. The third-order valence-corrected chi connectivity index (χ3v) is 6.25. The molecular formula is C26H32BrN3O. The van der Waals surface area contributed by atoms with Gasteiger partial charge in [0.15, 0.2) is 0 Å². The molecule has 0 atom stereocenters. The summed E-state index contributed by atoms with van der Waals surface area (Å²) in [4.78, 5) is 14.9. The minimum atomic E-state index is 0.0219. The normalized spacial score (nSPS) is 16.2. The van der Waals surface area contributed by atoms with Crippen LogP contribution in [0.3, 0.4) is 0 Å². The molecule has 2 aromatic rings. The Kier molecular flexibility index (Phi) is 8.61. The topological polar surface area (TPSA) is 44.7 Å². The molecule has 2 aromatic carbocycles. The lowest BCUT2D eigenvalue weighted by atomic mass is 9.96. The fourth-order valence-corrected chi connectivity index (χ4v) is 4.03. The van der Waals surface area contributed by atoms with E-state index in [0.29, 0.717) is 5.92 Å². The molecule has 1 N–H and O–H groups in total. The molecule has 1 amide bonds. The average Bonchev–Trinajstić information content (AvgIpc) is 2.76. The summed E-state index contributed by atoms with van der Waals surface area (Å²) in [7, 11) is 0. The largest absolute Gasteiger partial charge is 0.299 e. The molecule has 0 spiro atoms. The van der Waals surface area contributed by atoms with Crippen molar-refractivity contribution in [3.63, 3.8) is 0 Å². The summed E-state index contributed by atoms with van der Waals surface area (Å²) >= 11 is 3.47. The minimum absolute atomic E-state index is 0.0219. The lowest BCUT2D eigenvalue weighted by Gasteiger charge is -2.30. The number of benzene rings is 2. The SMILES string of the molecule is CC(C=NNC(=O)C1CCN(Cc2ccc(Br)cc2)CC1)=Cc1ccc(C(C)C)cc1. The molecule has 0 radical (unpaired) electrons. The highest BCUT2D eigenvalue weighted by atomic mass is 79.9. The van der Waals surface area contributed by atoms with Gasteiger partial charge in [-0.2, -0.15) is 5.10 Å². The van der Waals surface area contributed by atoms with Gasteiger partial charge < -0.3 is 0 Å². The maximum atomic E-state index is 12.5. The number of rotatable bonds is 7. The first kappa shape index (κ1) is 23.4. The fraction of sp³-hybridized carbons (Fsp3) is 0.385. The molecule has 0 bridgehead atoms. The van der Waals surface area contributed by atoms with Crippen molar-refractivity contribution in [1.82, 2.24) is 10.3 Å². The first-order valence-electron chi connectivity index (χ1n) is 11.0. The van der Waals surface area contributed by atoms with Crippen molar-refractivity contribution in [3.8, 4) is 0 Å². The van der Waals surface area contributed by atoms with Crippen LogP contribution in [0.25, 0.3) is 6.08 Å². The number of halogens is 1. The van der Waals surface area contributed by atoms with Crippen LogP contribution >= 0.6 is 15.9 Å². The van der Waals surface area contributed by atoms with Crippen molar-refractivity contribution in [3.05, 3.63) is 75.3 Å². The molecule has 1 saturated heterocycles. The highest BCUT2D eigenvalue weighted by Crippen LogP contribution is 2.20. The molecule has 0 unspecified atom stereocenters.